The molecule has 0 amide bonds. The summed E-state index contributed by atoms with van der Waals surface area (Å²) >= 11 is 0. The van der Waals surface area contributed by atoms with Crippen molar-refractivity contribution in [1.29, 1.82) is 0 Å². The van der Waals surface area contributed by atoms with Crippen molar-refractivity contribution >= 4 is 0 Å². The van der Waals surface area contributed by atoms with E-state index in [4.69, 9.17) is 0 Å². The quantitative estimate of drug-likeness (QED) is 0.786. The molecule has 0 radical (unpaired) electrons. The van der Waals surface area contributed by atoms with Crippen LogP contribution in [0.3, 0.4) is 0 Å². The Morgan fingerprint density at radius 2 is 2.12 bits per heavy atom. The summed E-state index contributed by atoms with van der Waals surface area (Å²) in [5.74, 6) is 1.18. The van der Waals surface area contributed by atoms with Crippen LogP contribution in [0.2, 0.25) is 0 Å². The Morgan fingerprint density at radius 1 is 1.29 bits per heavy atom. The van der Waals surface area contributed by atoms with Gasteiger partial charge in [-0.05, 0) is 12.1 Å². The molecule has 1 unspecified atom stereocenters. The van der Waals surface area contributed by atoms with Gasteiger partial charge in [-0.15, -0.1) is 0 Å². The number of rotatable bonds is 2. The number of imidazole rings is 1. The second-order valence-corrected chi connectivity index (χ2v) is 4.49. The van der Waals surface area contributed by atoms with E-state index in [0.717, 1.165) is 19.6 Å². The molecule has 17 heavy (non-hydrogen) atoms. The lowest BCUT2D eigenvalue weighted by molar-refractivity contribution is 0.145. The molecular weight excluding hydrogens is 210 g/mol. The lowest BCUT2D eigenvalue weighted by Crippen LogP contribution is -2.36. The molecule has 0 aliphatic carbocycles. The van der Waals surface area contributed by atoms with Crippen LogP contribution < -0.4 is 0 Å². The van der Waals surface area contributed by atoms with E-state index in [1.807, 2.05) is 6.20 Å². The normalized spacial score (nSPS) is 20.2. The summed E-state index contributed by atoms with van der Waals surface area (Å²) in [5, 5.41) is 0. The SMILES string of the molecule is CCN1Cc2nccn2CC1c1ccccc1. The van der Waals surface area contributed by atoms with Crippen molar-refractivity contribution in [1.82, 2.24) is 14.5 Å². The molecule has 1 aromatic heterocycles. The molecule has 88 valence electrons. The highest BCUT2D eigenvalue weighted by Gasteiger charge is 2.26. The number of hydrogen-bond donors (Lipinski definition) is 0. The minimum absolute atomic E-state index is 0.475. The molecule has 0 saturated carbocycles. The Labute approximate surface area is 102 Å². The van der Waals surface area contributed by atoms with Crippen LogP contribution in [-0.4, -0.2) is 21.0 Å². The Bertz CT molecular complexity index is 489. The van der Waals surface area contributed by atoms with Gasteiger partial charge in [0.15, 0.2) is 0 Å². The summed E-state index contributed by atoms with van der Waals surface area (Å²) in [4.78, 5) is 6.89. The monoisotopic (exact) mass is 227 g/mol. The summed E-state index contributed by atoms with van der Waals surface area (Å²) in [6.45, 7) is 5.23. The molecule has 2 heterocycles. The highest BCUT2D eigenvalue weighted by atomic mass is 15.3. The number of likely N-dealkylation sites (N-methyl/N-ethyl adjacent to an activating group) is 1. The average Bonchev–Trinajstić information content (AvgIpc) is 2.85. The lowest BCUT2D eigenvalue weighted by atomic mass is 10.0. The maximum Gasteiger partial charge on any atom is 0.122 e. The Balaban J connectivity index is 1.95. The standard InChI is InChI=1S/C14H17N3/c1-2-16-11-14-15-8-9-17(14)10-13(16)12-6-4-3-5-7-12/h3-9,13H,2,10-11H2,1H3. The van der Waals surface area contributed by atoms with E-state index in [0.29, 0.717) is 6.04 Å². The number of nitrogens with zero attached hydrogens (tertiary/aromatic N) is 3. The van der Waals surface area contributed by atoms with Gasteiger partial charge in [0.05, 0.1) is 12.6 Å². The second kappa shape index (κ2) is 4.34. The zero-order valence-corrected chi connectivity index (χ0v) is 10.1. The summed E-state index contributed by atoms with van der Waals surface area (Å²) in [7, 11) is 0. The van der Waals surface area contributed by atoms with Crippen molar-refractivity contribution < 1.29 is 0 Å². The maximum atomic E-state index is 4.40. The Hall–Kier alpha value is -1.61. The smallest absolute Gasteiger partial charge is 0.122 e. The highest BCUT2D eigenvalue weighted by Crippen LogP contribution is 2.28. The topological polar surface area (TPSA) is 21.1 Å². The Kier molecular flexibility index (Phi) is 2.69. The van der Waals surface area contributed by atoms with Gasteiger partial charge in [0, 0.05) is 18.9 Å². The zero-order valence-electron chi connectivity index (χ0n) is 10.1. The van der Waals surface area contributed by atoms with Crippen molar-refractivity contribution in [3.63, 3.8) is 0 Å². The first-order valence-electron chi connectivity index (χ1n) is 6.17. The number of benzene rings is 1. The summed E-state index contributed by atoms with van der Waals surface area (Å²) in [6.07, 6.45) is 3.98. The van der Waals surface area contributed by atoms with E-state index in [9.17, 15) is 0 Å². The molecule has 0 fully saturated rings. The third-order valence-corrected chi connectivity index (χ3v) is 3.55. The van der Waals surface area contributed by atoms with Crippen LogP contribution in [0, 0.1) is 0 Å². The van der Waals surface area contributed by atoms with Crippen LogP contribution in [0.25, 0.3) is 0 Å². The third kappa shape index (κ3) is 1.87. The highest BCUT2D eigenvalue weighted by molar-refractivity contribution is 5.20. The van der Waals surface area contributed by atoms with E-state index in [-0.39, 0.29) is 0 Å². The molecule has 2 aromatic rings. The van der Waals surface area contributed by atoms with Gasteiger partial charge in [-0.3, -0.25) is 4.90 Å². The predicted octanol–water partition coefficient (Wildman–Crippen LogP) is 2.46. The van der Waals surface area contributed by atoms with Gasteiger partial charge < -0.3 is 4.57 Å². The van der Waals surface area contributed by atoms with E-state index in [2.05, 4.69) is 57.9 Å². The summed E-state index contributed by atoms with van der Waals surface area (Å²) in [5.41, 5.74) is 1.40. The first-order valence-corrected chi connectivity index (χ1v) is 6.17. The van der Waals surface area contributed by atoms with Crippen LogP contribution >= 0.6 is 0 Å². The number of fused-ring (bicyclic) bond motifs is 1. The molecule has 0 saturated heterocycles. The predicted molar refractivity (Wildman–Crippen MR) is 67.5 cm³/mol. The van der Waals surface area contributed by atoms with Gasteiger partial charge >= 0.3 is 0 Å². The summed E-state index contributed by atoms with van der Waals surface area (Å²) in [6, 6.07) is 11.2. The average molecular weight is 227 g/mol. The first-order chi connectivity index (χ1) is 8.38. The molecule has 1 aromatic carbocycles. The Morgan fingerprint density at radius 3 is 2.88 bits per heavy atom. The molecule has 3 heteroatoms. The molecular formula is C14H17N3. The summed E-state index contributed by atoms with van der Waals surface area (Å²) < 4.78 is 2.27. The minimum atomic E-state index is 0.475. The fraction of sp³-hybridized carbons (Fsp3) is 0.357. The van der Waals surface area contributed by atoms with Gasteiger partial charge in [0.1, 0.15) is 5.82 Å². The number of hydrogen-bond acceptors (Lipinski definition) is 2. The molecule has 1 aliphatic rings. The van der Waals surface area contributed by atoms with Gasteiger partial charge in [-0.2, -0.15) is 0 Å². The molecule has 0 N–H and O–H groups in total. The molecule has 3 rings (SSSR count). The van der Waals surface area contributed by atoms with E-state index >= 15 is 0 Å². The van der Waals surface area contributed by atoms with Crippen molar-refractivity contribution in [2.24, 2.45) is 0 Å². The van der Waals surface area contributed by atoms with Crippen molar-refractivity contribution in [3.05, 3.63) is 54.1 Å². The molecule has 3 nitrogen and oxygen atoms in total. The lowest BCUT2D eigenvalue weighted by Gasteiger charge is -2.35. The minimum Gasteiger partial charge on any atom is -0.332 e. The molecule has 1 atom stereocenters. The maximum absolute atomic E-state index is 4.40. The first kappa shape index (κ1) is 10.5. The largest absolute Gasteiger partial charge is 0.332 e. The van der Waals surface area contributed by atoms with Crippen molar-refractivity contribution in [3.8, 4) is 0 Å². The third-order valence-electron chi connectivity index (χ3n) is 3.55. The molecule has 0 spiro atoms. The van der Waals surface area contributed by atoms with Crippen molar-refractivity contribution in [2.75, 3.05) is 6.54 Å². The van der Waals surface area contributed by atoms with Gasteiger partial charge in [-0.1, -0.05) is 37.3 Å². The van der Waals surface area contributed by atoms with E-state index < -0.39 is 0 Å². The van der Waals surface area contributed by atoms with Gasteiger partial charge in [0.2, 0.25) is 0 Å². The van der Waals surface area contributed by atoms with Gasteiger partial charge in [-0.25, -0.2) is 4.98 Å². The fourth-order valence-electron chi connectivity index (χ4n) is 2.58. The van der Waals surface area contributed by atoms with Crippen LogP contribution in [0.5, 0.6) is 0 Å². The van der Waals surface area contributed by atoms with Crippen molar-refractivity contribution in [2.45, 2.75) is 26.1 Å². The van der Waals surface area contributed by atoms with E-state index in [1.54, 1.807) is 0 Å². The van der Waals surface area contributed by atoms with Crippen LogP contribution in [0.4, 0.5) is 0 Å². The van der Waals surface area contributed by atoms with Crippen LogP contribution in [-0.2, 0) is 13.1 Å². The zero-order chi connectivity index (χ0) is 11.7. The second-order valence-electron chi connectivity index (χ2n) is 4.49. The van der Waals surface area contributed by atoms with Crippen LogP contribution in [0.15, 0.2) is 42.7 Å². The van der Waals surface area contributed by atoms with E-state index in [1.165, 1.54) is 11.4 Å². The molecule has 0 bridgehead atoms. The van der Waals surface area contributed by atoms with Crippen LogP contribution in [0.1, 0.15) is 24.4 Å². The fourth-order valence-corrected chi connectivity index (χ4v) is 2.58. The molecule has 1 aliphatic heterocycles. The van der Waals surface area contributed by atoms with Gasteiger partial charge in [0.25, 0.3) is 0 Å². The number of aromatic nitrogens is 2.